The van der Waals surface area contributed by atoms with Gasteiger partial charge in [-0.3, -0.25) is 4.79 Å². The summed E-state index contributed by atoms with van der Waals surface area (Å²) in [4.78, 5) is 17.5. The predicted molar refractivity (Wildman–Crippen MR) is 60.5 cm³/mol. The van der Waals surface area contributed by atoms with Crippen LogP contribution in [-0.4, -0.2) is 9.97 Å². The maximum Gasteiger partial charge on any atom is 0.254 e. The molecule has 17 heavy (non-hydrogen) atoms. The van der Waals surface area contributed by atoms with Crippen molar-refractivity contribution in [3.8, 4) is 11.6 Å². The highest BCUT2D eigenvalue weighted by molar-refractivity contribution is 5.43. The molecule has 1 aromatic carbocycles. The van der Waals surface area contributed by atoms with Crippen LogP contribution in [0.15, 0.2) is 29.1 Å². The van der Waals surface area contributed by atoms with E-state index in [0.29, 0.717) is 11.5 Å². The molecule has 3 N–H and O–H groups in total. The minimum atomic E-state index is -0.607. The van der Waals surface area contributed by atoms with E-state index in [1.165, 1.54) is 12.1 Å². The molecular formula is C11H10FN3O2. The zero-order chi connectivity index (χ0) is 12.4. The highest BCUT2D eigenvalue weighted by Gasteiger charge is 2.07. The fraction of sp³-hybridized carbons (Fsp3) is 0.0909. The van der Waals surface area contributed by atoms with Crippen molar-refractivity contribution in [2.24, 2.45) is 0 Å². The Morgan fingerprint density at radius 3 is 2.82 bits per heavy atom. The average Bonchev–Trinajstić information content (AvgIpc) is 2.21. The summed E-state index contributed by atoms with van der Waals surface area (Å²) in [6.45, 7) is 1.60. The van der Waals surface area contributed by atoms with Crippen LogP contribution in [0.4, 0.5) is 10.1 Å². The number of aryl methyl sites for hydroxylation is 1. The van der Waals surface area contributed by atoms with Crippen molar-refractivity contribution in [3.05, 3.63) is 46.3 Å². The van der Waals surface area contributed by atoms with Gasteiger partial charge in [-0.2, -0.15) is 0 Å². The number of hydrogen-bond acceptors (Lipinski definition) is 4. The number of hydrogen-bond donors (Lipinski definition) is 2. The maximum absolute atomic E-state index is 13.4. The summed E-state index contributed by atoms with van der Waals surface area (Å²) >= 11 is 0. The summed E-state index contributed by atoms with van der Waals surface area (Å²) in [6.07, 6.45) is 0. The number of nitrogen functional groups attached to an aromatic ring is 1. The zero-order valence-corrected chi connectivity index (χ0v) is 9.03. The highest BCUT2D eigenvalue weighted by atomic mass is 19.1. The molecule has 0 spiro atoms. The standard InChI is InChI=1S/C11H10FN3O2/c1-6-14-10(16)5-11(15-6)17-9-3-2-7(13)4-8(9)12/h2-5H,13H2,1H3,(H,14,15,16). The Morgan fingerprint density at radius 1 is 1.41 bits per heavy atom. The van der Waals surface area contributed by atoms with Gasteiger partial charge in [0.15, 0.2) is 11.6 Å². The molecule has 0 unspecified atom stereocenters. The number of H-pyrrole nitrogens is 1. The minimum absolute atomic E-state index is 0.0308. The lowest BCUT2D eigenvalue weighted by Gasteiger charge is -2.06. The summed E-state index contributed by atoms with van der Waals surface area (Å²) in [5.41, 5.74) is 5.34. The van der Waals surface area contributed by atoms with Crippen molar-refractivity contribution < 1.29 is 9.13 Å². The Kier molecular flexibility index (Phi) is 2.78. The molecule has 5 nitrogen and oxygen atoms in total. The predicted octanol–water partition coefficient (Wildman–Crippen LogP) is 1.59. The monoisotopic (exact) mass is 235 g/mol. The van der Waals surface area contributed by atoms with E-state index in [1.54, 1.807) is 6.92 Å². The third-order valence-corrected chi connectivity index (χ3v) is 2.01. The summed E-state index contributed by atoms with van der Waals surface area (Å²) in [5, 5.41) is 0. The molecule has 0 saturated carbocycles. The Hall–Kier alpha value is -2.37. The molecular weight excluding hydrogens is 225 g/mol. The largest absolute Gasteiger partial charge is 0.436 e. The van der Waals surface area contributed by atoms with Gasteiger partial charge in [0.25, 0.3) is 5.56 Å². The Bertz CT molecular complexity index is 610. The number of benzene rings is 1. The molecule has 1 aromatic heterocycles. The number of rotatable bonds is 2. The van der Waals surface area contributed by atoms with Crippen LogP contribution in [0.1, 0.15) is 5.82 Å². The summed E-state index contributed by atoms with van der Waals surface area (Å²) < 4.78 is 18.6. The molecule has 0 amide bonds. The van der Waals surface area contributed by atoms with E-state index in [0.717, 1.165) is 12.1 Å². The van der Waals surface area contributed by atoms with Gasteiger partial charge in [0.1, 0.15) is 5.82 Å². The third kappa shape index (κ3) is 2.60. The van der Waals surface area contributed by atoms with Crippen molar-refractivity contribution in [1.82, 2.24) is 9.97 Å². The third-order valence-electron chi connectivity index (χ3n) is 2.01. The first-order valence-corrected chi connectivity index (χ1v) is 4.85. The van der Waals surface area contributed by atoms with Crippen LogP contribution in [0.5, 0.6) is 11.6 Å². The van der Waals surface area contributed by atoms with E-state index in [1.807, 2.05) is 0 Å². The number of ether oxygens (including phenoxy) is 1. The fourth-order valence-electron chi connectivity index (χ4n) is 1.32. The minimum Gasteiger partial charge on any atom is -0.436 e. The summed E-state index contributed by atoms with van der Waals surface area (Å²) in [6, 6.07) is 5.15. The first kappa shape index (κ1) is 11.1. The van der Waals surface area contributed by atoms with Crippen LogP contribution in [0, 0.1) is 12.7 Å². The topological polar surface area (TPSA) is 81.0 Å². The first-order chi connectivity index (χ1) is 8.04. The van der Waals surface area contributed by atoms with Crippen molar-refractivity contribution in [2.75, 3.05) is 5.73 Å². The van der Waals surface area contributed by atoms with Gasteiger partial charge in [-0.15, -0.1) is 0 Å². The molecule has 0 atom stereocenters. The molecule has 0 fully saturated rings. The van der Waals surface area contributed by atoms with Gasteiger partial charge in [-0.1, -0.05) is 0 Å². The number of nitrogens with zero attached hydrogens (tertiary/aromatic N) is 1. The molecule has 0 radical (unpaired) electrons. The quantitative estimate of drug-likeness (QED) is 0.774. The Morgan fingerprint density at radius 2 is 2.18 bits per heavy atom. The lowest BCUT2D eigenvalue weighted by molar-refractivity contribution is 0.425. The molecule has 88 valence electrons. The Balaban J connectivity index is 2.34. The van der Waals surface area contributed by atoms with E-state index in [9.17, 15) is 9.18 Å². The molecule has 0 aliphatic heterocycles. The van der Waals surface area contributed by atoms with Crippen LogP contribution >= 0.6 is 0 Å². The van der Waals surface area contributed by atoms with E-state index < -0.39 is 5.82 Å². The number of anilines is 1. The van der Waals surface area contributed by atoms with E-state index in [2.05, 4.69) is 9.97 Å². The lowest BCUT2D eigenvalue weighted by atomic mass is 10.3. The second kappa shape index (κ2) is 4.25. The van der Waals surface area contributed by atoms with Crippen molar-refractivity contribution in [2.45, 2.75) is 6.92 Å². The molecule has 0 aliphatic carbocycles. The second-order valence-electron chi connectivity index (χ2n) is 3.46. The second-order valence-corrected chi connectivity index (χ2v) is 3.46. The number of halogens is 1. The van der Waals surface area contributed by atoms with Gasteiger partial charge >= 0.3 is 0 Å². The summed E-state index contributed by atoms with van der Waals surface area (Å²) in [7, 11) is 0. The zero-order valence-electron chi connectivity index (χ0n) is 9.03. The van der Waals surface area contributed by atoms with Crippen molar-refractivity contribution >= 4 is 5.69 Å². The van der Waals surface area contributed by atoms with Gasteiger partial charge in [-0.25, -0.2) is 9.37 Å². The fourth-order valence-corrected chi connectivity index (χ4v) is 1.32. The number of aromatic nitrogens is 2. The van der Waals surface area contributed by atoms with Crippen molar-refractivity contribution in [3.63, 3.8) is 0 Å². The van der Waals surface area contributed by atoms with E-state index >= 15 is 0 Å². The molecule has 0 saturated heterocycles. The van der Waals surface area contributed by atoms with Crippen LogP contribution in [0.3, 0.4) is 0 Å². The van der Waals surface area contributed by atoms with Crippen LogP contribution < -0.4 is 16.0 Å². The summed E-state index contributed by atoms with van der Waals surface area (Å²) in [5.74, 6) is -0.209. The van der Waals surface area contributed by atoms with E-state index in [-0.39, 0.29) is 17.2 Å². The van der Waals surface area contributed by atoms with Crippen LogP contribution in [0.25, 0.3) is 0 Å². The molecule has 0 aliphatic rings. The van der Waals surface area contributed by atoms with Gasteiger partial charge < -0.3 is 15.5 Å². The number of aromatic amines is 1. The molecule has 0 bridgehead atoms. The lowest BCUT2D eigenvalue weighted by Crippen LogP contribution is -2.08. The van der Waals surface area contributed by atoms with Crippen LogP contribution in [0.2, 0.25) is 0 Å². The normalized spacial score (nSPS) is 10.2. The SMILES string of the molecule is Cc1nc(Oc2ccc(N)cc2F)cc(=O)[nH]1. The average molecular weight is 235 g/mol. The number of nitrogens with one attached hydrogen (secondary N) is 1. The maximum atomic E-state index is 13.4. The van der Waals surface area contributed by atoms with Gasteiger partial charge in [0.05, 0.1) is 6.07 Å². The molecule has 6 heteroatoms. The van der Waals surface area contributed by atoms with Gasteiger partial charge in [-0.05, 0) is 19.1 Å². The first-order valence-electron chi connectivity index (χ1n) is 4.85. The molecule has 2 aromatic rings. The molecule has 2 rings (SSSR count). The van der Waals surface area contributed by atoms with Crippen LogP contribution in [-0.2, 0) is 0 Å². The van der Waals surface area contributed by atoms with Gasteiger partial charge in [0, 0.05) is 11.8 Å². The highest BCUT2D eigenvalue weighted by Crippen LogP contribution is 2.23. The number of nitrogens with two attached hydrogens (primary N) is 1. The van der Waals surface area contributed by atoms with Crippen molar-refractivity contribution in [1.29, 1.82) is 0 Å². The van der Waals surface area contributed by atoms with Gasteiger partial charge in [0.2, 0.25) is 5.88 Å². The molecule has 1 heterocycles. The smallest absolute Gasteiger partial charge is 0.254 e. The Labute approximate surface area is 96.1 Å². The van der Waals surface area contributed by atoms with E-state index in [4.69, 9.17) is 10.5 Å².